The molecule has 2 rings (SSSR count). The fourth-order valence-corrected chi connectivity index (χ4v) is 3.41. The summed E-state index contributed by atoms with van der Waals surface area (Å²) in [7, 11) is 0. The quantitative estimate of drug-likeness (QED) is 0.877. The molecule has 5 nitrogen and oxygen atoms in total. The van der Waals surface area contributed by atoms with Gasteiger partial charge in [0.2, 0.25) is 11.8 Å². The second-order valence-corrected chi connectivity index (χ2v) is 6.50. The van der Waals surface area contributed by atoms with Crippen molar-refractivity contribution in [2.24, 2.45) is 0 Å². The molecule has 0 aromatic heterocycles. The molecule has 0 aliphatic carbocycles. The van der Waals surface area contributed by atoms with Gasteiger partial charge in [-0.3, -0.25) is 14.5 Å². The summed E-state index contributed by atoms with van der Waals surface area (Å²) in [5, 5.41) is 5.76. The number of amides is 2. The highest BCUT2D eigenvalue weighted by Crippen LogP contribution is 2.25. The van der Waals surface area contributed by atoms with E-state index in [0.717, 1.165) is 24.1 Å². The van der Waals surface area contributed by atoms with Gasteiger partial charge in [0.15, 0.2) is 0 Å². The van der Waals surface area contributed by atoms with E-state index in [-0.39, 0.29) is 17.9 Å². The van der Waals surface area contributed by atoms with E-state index in [4.69, 9.17) is 0 Å². The highest BCUT2D eigenvalue weighted by Gasteiger charge is 2.34. The van der Waals surface area contributed by atoms with Gasteiger partial charge in [-0.15, -0.1) is 0 Å². The molecule has 0 spiro atoms. The molecule has 1 fully saturated rings. The Morgan fingerprint density at radius 1 is 1.26 bits per heavy atom. The minimum Gasteiger partial charge on any atom is -0.351 e. The Hall–Kier alpha value is -1.88. The van der Waals surface area contributed by atoms with Crippen LogP contribution in [0.4, 0.5) is 5.69 Å². The molecule has 1 saturated heterocycles. The zero-order valence-electron chi connectivity index (χ0n) is 14.4. The largest absolute Gasteiger partial charge is 0.351 e. The van der Waals surface area contributed by atoms with Gasteiger partial charge in [0, 0.05) is 31.2 Å². The van der Waals surface area contributed by atoms with Gasteiger partial charge < -0.3 is 10.6 Å². The molecule has 3 unspecified atom stereocenters. The summed E-state index contributed by atoms with van der Waals surface area (Å²) in [6, 6.07) is 8.32. The van der Waals surface area contributed by atoms with Gasteiger partial charge in [-0.2, -0.15) is 0 Å². The first-order valence-corrected chi connectivity index (χ1v) is 8.30. The van der Waals surface area contributed by atoms with E-state index >= 15 is 0 Å². The van der Waals surface area contributed by atoms with Crippen molar-refractivity contribution >= 4 is 17.5 Å². The molecule has 0 bridgehead atoms. The fourth-order valence-electron chi connectivity index (χ4n) is 3.41. The number of rotatable bonds is 5. The van der Waals surface area contributed by atoms with Gasteiger partial charge >= 0.3 is 0 Å². The van der Waals surface area contributed by atoms with E-state index in [1.54, 1.807) is 0 Å². The van der Waals surface area contributed by atoms with Crippen molar-refractivity contribution in [3.8, 4) is 0 Å². The number of nitrogens with zero attached hydrogens (tertiary/aromatic N) is 1. The molecule has 1 aromatic carbocycles. The first kappa shape index (κ1) is 17.5. The van der Waals surface area contributed by atoms with Crippen LogP contribution < -0.4 is 10.6 Å². The third kappa shape index (κ3) is 4.55. The molecule has 1 heterocycles. The standard InChI is InChI=1S/C18H27N3O2/c1-12-8-9-13(2)21(12)14(3)18(23)19-11-16-6-5-7-17(10-16)20-15(4)22/h5-7,10,12-14H,8-9,11H2,1-4H3,(H,19,23)(H,20,22). The minimum absolute atomic E-state index is 0.0514. The van der Waals surface area contributed by atoms with Gasteiger partial charge in [-0.05, 0) is 51.3 Å². The fraction of sp³-hybridized carbons (Fsp3) is 0.556. The monoisotopic (exact) mass is 317 g/mol. The highest BCUT2D eigenvalue weighted by atomic mass is 16.2. The maximum absolute atomic E-state index is 12.4. The maximum atomic E-state index is 12.4. The number of hydrogen-bond donors (Lipinski definition) is 2. The number of anilines is 1. The zero-order chi connectivity index (χ0) is 17.0. The van der Waals surface area contributed by atoms with E-state index < -0.39 is 0 Å². The van der Waals surface area contributed by atoms with E-state index in [0.29, 0.717) is 18.6 Å². The first-order chi connectivity index (χ1) is 10.9. The van der Waals surface area contributed by atoms with Crippen LogP contribution in [0.25, 0.3) is 0 Å². The summed E-state index contributed by atoms with van der Waals surface area (Å²) in [5.74, 6) is -0.0488. The van der Waals surface area contributed by atoms with Crippen LogP contribution in [0.3, 0.4) is 0 Å². The number of hydrogen-bond acceptors (Lipinski definition) is 3. The average Bonchev–Trinajstić information content (AvgIpc) is 2.83. The van der Waals surface area contributed by atoms with E-state index in [9.17, 15) is 9.59 Å². The maximum Gasteiger partial charge on any atom is 0.237 e. The van der Waals surface area contributed by atoms with E-state index in [2.05, 4.69) is 29.4 Å². The van der Waals surface area contributed by atoms with Crippen LogP contribution >= 0.6 is 0 Å². The molecular weight excluding hydrogens is 290 g/mol. The molecule has 2 N–H and O–H groups in total. The lowest BCUT2D eigenvalue weighted by Gasteiger charge is -2.31. The Balaban J connectivity index is 1.92. The van der Waals surface area contributed by atoms with Gasteiger partial charge in [0.05, 0.1) is 6.04 Å². The Kier molecular flexibility index (Phi) is 5.77. The second kappa shape index (κ2) is 7.59. The van der Waals surface area contributed by atoms with Crippen molar-refractivity contribution in [1.29, 1.82) is 0 Å². The molecule has 1 aromatic rings. The van der Waals surface area contributed by atoms with Crippen LogP contribution in [0.15, 0.2) is 24.3 Å². The van der Waals surface area contributed by atoms with Crippen molar-refractivity contribution in [3.63, 3.8) is 0 Å². The Morgan fingerprint density at radius 3 is 2.52 bits per heavy atom. The number of carbonyl (C=O) groups excluding carboxylic acids is 2. The van der Waals surface area contributed by atoms with Crippen molar-refractivity contribution in [2.75, 3.05) is 5.32 Å². The Morgan fingerprint density at radius 2 is 1.91 bits per heavy atom. The molecule has 5 heteroatoms. The Labute approximate surface area is 138 Å². The summed E-state index contributed by atoms with van der Waals surface area (Å²) in [5.41, 5.74) is 1.72. The topological polar surface area (TPSA) is 61.4 Å². The van der Waals surface area contributed by atoms with E-state index in [1.807, 2.05) is 31.2 Å². The summed E-state index contributed by atoms with van der Waals surface area (Å²) >= 11 is 0. The third-order valence-corrected chi connectivity index (χ3v) is 4.56. The van der Waals surface area contributed by atoms with Crippen molar-refractivity contribution in [1.82, 2.24) is 10.2 Å². The number of carbonyl (C=O) groups is 2. The van der Waals surface area contributed by atoms with Gasteiger partial charge in [-0.25, -0.2) is 0 Å². The normalized spacial score (nSPS) is 22.6. The van der Waals surface area contributed by atoms with Crippen LogP contribution in [0.2, 0.25) is 0 Å². The van der Waals surface area contributed by atoms with Gasteiger partial charge in [0.25, 0.3) is 0 Å². The number of likely N-dealkylation sites (tertiary alicyclic amines) is 1. The molecule has 126 valence electrons. The van der Waals surface area contributed by atoms with Crippen LogP contribution in [0, 0.1) is 0 Å². The highest BCUT2D eigenvalue weighted by molar-refractivity contribution is 5.88. The predicted octanol–water partition coefficient (Wildman–Crippen LogP) is 2.52. The first-order valence-electron chi connectivity index (χ1n) is 8.30. The molecule has 1 aliphatic rings. The smallest absolute Gasteiger partial charge is 0.237 e. The summed E-state index contributed by atoms with van der Waals surface area (Å²) in [6.07, 6.45) is 2.30. The number of benzene rings is 1. The predicted molar refractivity (Wildman–Crippen MR) is 92.1 cm³/mol. The summed E-state index contributed by atoms with van der Waals surface area (Å²) in [4.78, 5) is 25.8. The van der Waals surface area contributed by atoms with Crippen LogP contribution in [0.1, 0.15) is 46.1 Å². The minimum atomic E-state index is -0.124. The van der Waals surface area contributed by atoms with Crippen LogP contribution in [-0.4, -0.2) is 34.8 Å². The summed E-state index contributed by atoms with van der Waals surface area (Å²) in [6.45, 7) is 8.29. The van der Waals surface area contributed by atoms with E-state index in [1.165, 1.54) is 6.92 Å². The molecule has 0 radical (unpaired) electrons. The second-order valence-electron chi connectivity index (χ2n) is 6.50. The molecule has 2 amide bonds. The average molecular weight is 317 g/mol. The molecule has 23 heavy (non-hydrogen) atoms. The summed E-state index contributed by atoms with van der Waals surface area (Å²) < 4.78 is 0. The lowest BCUT2D eigenvalue weighted by Crippen LogP contribution is -2.48. The van der Waals surface area contributed by atoms with Crippen molar-refractivity contribution < 1.29 is 9.59 Å². The van der Waals surface area contributed by atoms with Crippen molar-refractivity contribution in [2.45, 2.75) is 65.2 Å². The lowest BCUT2D eigenvalue weighted by molar-refractivity contribution is -0.127. The number of nitrogens with one attached hydrogen (secondary N) is 2. The molecule has 0 saturated carbocycles. The Bertz CT molecular complexity index is 563. The SMILES string of the molecule is CC(=O)Nc1cccc(CNC(=O)C(C)N2C(C)CCC2C)c1. The molecule has 1 aliphatic heterocycles. The lowest BCUT2D eigenvalue weighted by atomic mass is 10.1. The zero-order valence-corrected chi connectivity index (χ0v) is 14.4. The van der Waals surface area contributed by atoms with Crippen LogP contribution in [0.5, 0.6) is 0 Å². The van der Waals surface area contributed by atoms with Crippen molar-refractivity contribution in [3.05, 3.63) is 29.8 Å². The molecular formula is C18H27N3O2. The molecule has 3 atom stereocenters. The third-order valence-electron chi connectivity index (χ3n) is 4.56. The van der Waals surface area contributed by atoms with Gasteiger partial charge in [-0.1, -0.05) is 12.1 Å². The van der Waals surface area contributed by atoms with Gasteiger partial charge in [0.1, 0.15) is 0 Å². The van der Waals surface area contributed by atoms with Crippen LogP contribution in [-0.2, 0) is 16.1 Å².